The molecule has 19 heavy (non-hydrogen) atoms. The molecule has 0 aliphatic carbocycles. The number of benzene rings is 1. The van der Waals surface area contributed by atoms with Crippen molar-refractivity contribution in [1.82, 2.24) is 5.32 Å². The molecule has 0 saturated carbocycles. The number of carbonyl (C=O) groups is 1. The van der Waals surface area contributed by atoms with Crippen LogP contribution < -0.4 is 5.32 Å². The minimum absolute atomic E-state index is 0.105. The Bertz CT molecular complexity index is 444. The number of aryl methyl sites for hydroxylation is 2. The van der Waals surface area contributed by atoms with Gasteiger partial charge in [-0.05, 0) is 50.3 Å². The third-order valence-corrected chi connectivity index (χ3v) is 4.20. The number of alkyl halides is 1. The highest BCUT2D eigenvalue weighted by molar-refractivity contribution is 9.09. The number of carbonyl (C=O) groups excluding carboxylic acids is 1. The molecule has 1 amide bonds. The molecule has 2 nitrogen and oxygen atoms in total. The molecule has 1 unspecified atom stereocenters. The average Bonchev–Trinajstić information content (AvgIpc) is 2.34. The van der Waals surface area contributed by atoms with Gasteiger partial charge in [-0.25, -0.2) is 0 Å². The zero-order chi connectivity index (χ0) is 14.5. The lowest BCUT2D eigenvalue weighted by atomic mass is 9.95. The van der Waals surface area contributed by atoms with Gasteiger partial charge in [-0.3, -0.25) is 4.79 Å². The quantitative estimate of drug-likeness (QED) is 0.789. The molecule has 0 radical (unpaired) electrons. The van der Waals surface area contributed by atoms with E-state index in [1.54, 1.807) is 0 Å². The van der Waals surface area contributed by atoms with Gasteiger partial charge in [0.25, 0.3) is 0 Å². The van der Waals surface area contributed by atoms with E-state index < -0.39 is 0 Å². The van der Waals surface area contributed by atoms with Gasteiger partial charge in [0.1, 0.15) is 0 Å². The van der Waals surface area contributed by atoms with Gasteiger partial charge in [-0.2, -0.15) is 0 Å². The van der Waals surface area contributed by atoms with Crippen molar-refractivity contribution in [3.63, 3.8) is 0 Å². The zero-order valence-corrected chi connectivity index (χ0v) is 13.9. The number of rotatable bonds is 6. The number of hydrogen-bond acceptors (Lipinski definition) is 1. The summed E-state index contributed by atoms with van der Waals surface area (Å²) in [7, 11) is 0. The Morgan fingerprint density at radius 3 is 2.53 bits per heavy atom. The second kappa shape index (κ2) is 7.09. The van der Waals surface area contributed by atoms with Crippen LogP contribution in [0.25, 0.3) is 0 Å². The number of halogens is 1. The first-order chi connectivity index (χ1) is 8.90. The summed E-state index contributed by atoms with van der Waals surface area (Å²) in [5, 5.41) is 4.06. The largest absolute Gasteiger partial charge is 0.351 e. The fourth-order valence-electron chi connectivity index (χ4n) is 2.02. The van der Waals surface area contributed by atoms with Gasteiger partial charge in [-0.1, -0.05) is 41.1 Å². The van der Waals surface area contributed by atoms with E-state index >= 15 is 0 Å². The van der Waals surface area contributed by atoms with Crippen LogP contribution in [0.1, 0.15) is 43.4 Å². The second-order valence-corrected chi connectivity index (χ2v) is 6.29. The highest BCUT2D eigenvalue weighted by Gasteiger charge is 2.23. The van der Waals surface area contributed by atoms with Gasteiger partial charge in [0.05, 0.1) is 6.42 Å². The smallest absolute Gasteiger partial charge is 0.224 e. The molecule has 0 spiro atoms. The molecule has 0 aliphatic rings. The molecule has 0 aliphatic heterocycles. The van der Waals surface area contributed by atoms with Crippen LogP contribution in [0.2, 0.25) is 0 Å². The lowest BCUT2D eigenvalue weighted by molar-refractivity contribution is -0.122. The first kappa shape index (κ1) is 16.2. The Labute approximate surface area is 125 Å². The number of nitrogens with one attached hydrogen (secondary N) is 1. The van der Waals surface area contributed by atoms with E-state index in [1.807, 2.05) is 6.07 Å². The van der Waals surface area contributed by atoms with Gasteiger partial charge in [0.15, 0.2) is 0 Å². The lowest BCUT2D eigenvalue weighted by Crippen LogP contribution is -2.46. The van der Waals surface area contributed by atoms with E-state index in [4.69, 9.17) is 0 Å². The third-order valence-electron chi connectivity index (χ3n) is 3.80. The second-order valence-electron chi connectivity index (χ2n) is 5.50. The Morgan fingerprint density at radius 2 is 2.00 bits per heavy atom. The van der Waals surface area contributed by atoms with Crippen molar-refractivity contribution in [1.29, 1.82) is 0 Å². The molecular weight excluding hydrogens is 302 g/mol. The molecule has 106 valence electrons. The van der Waals surface area contributed by atoms with Gasteiger partial charge in [-0.15, -0.1) is 0 Å². The first-order valence-corrected chi connectivity index (χ1v) is 7.95. The Balaban J connectivity index is 2.66. The van der Waals surface area contributed by atoms with Gasteiger partial charge in [0.2, 0.25) is 5.91 Å². The highest BCUT2D eigenvalue weighted by atomic mass is 79.9. The lowest BCUT2D eigenvalue weighted by Gasteiger charge is -2.29. The first-order valence-electron chi connectivity index (χ1n) is 6.83. The van der Waals surface area contributed by atoms with Gasteiger partial charge < -0.3 is 5.32 Å². The highest BCUT2D eigenvalue weighted by Crippen LogP contribution is 2.16. The Kier molecular flexibility index (Phi) is 6.05. The summed E-state index contributed by atoms with van der Waals surface area (Å²) in [4.78, 5) is 12.1. The molecule has 1 aromatic carbocycles. The summed E-state index contributed by atoms with van der Waals surface area (Å²) in [6.45, 7) is 8.38. The van der Waals surface area contributed by atoms with Crippen molar-refractivity contribution in [2.45, 2.75) is 52.5 Å². The monoisotopic (exact) mass is 325 g/mol. The molecule has 1 atom stereocenters. The van der Waals surface area contributed by atoms with Crippen molar-refractivity contribution in [2.24, 2.45) is 0 Å². The molecule has 0 saturated heterocycles. The minimum Gasteiger partial charge on any atom is -0.351 e. The maximum absolute atomic E-state index is 12.1. The van der Waals surface area contributed by atoms with E-state index in [0.29, 0.717) is 6.42 Å². The maximum Gasteiger partial charge on any atom is 0.224 e. The molecule has 0 bridgehead atoms. The van der Waals surface area contributed by atoms with Crippen LogP contribution in [0.15, 0.2) is 18.2 Å². The average molecular weight is 326 g/mol. The van der Waals surface area contributed by atoms with E-state index in [-0.39, 0.29) is 11.4 Å². The van der Waals surface area contributed by atoms with Crippen LogP contribution in [0.3, 0.4) is 0 Å². The van der Waals surface area contributed by atoms with Crippen LogP contribution in [0.4, 0.5) is 0 Å². The van der Waals surface area contributed by atoms with E-state index in [2.05, 4.69) is 61.1 Å². The van der Waals surface area contributed by atoms with Crippen LogP contribution in [-0.4, -0.2) is 16.8 Å². The fraction of sp³-hybridized carbons (Fsp3) is 0.562. The SMILES string of the molecule is CCC(C)(CCBr)NC(=O)Cc1ccc(C)c(C)c1. The van der Waals surface area contributed by atoms with Crippen LogP contribution >= 0.6 is 15.9 Å². The normalized spacial score (nSPS) is 13.9. The zero-order valence-electron chi connectivity index (χ0n) is 12.3. The van der Waals surface area contributed by atoms with Crippen LogP contribution in [-0.2, 0) is 11.2 Å². The summed E-state index contributed by atoms with van der Waals surface area (Å²) in [6.07, 6.45) is 2.35. The van der Waals surface area contributed by atoms with Gasteiger partial charge in [0, 0.05) is 10.9 Å². The molecule has 1 rings (SSSR count). The number of amides is 1. The topological polar surface area (TPSA) is 29.1 Å². The minimum atomic E-state index is -0.111. The van der Waals surface area contributed by atoms with Crippen molar-refractivity contribution in [2.75, 3.05) is 5.33 Å². The van der Waals surface area contributed by atoms with Gasteiger partial charge >= 0.3 is 0 Å². The van der Waals surface area contributed by atoms with Crippen molar-refractivity contribution in [3.05, 3.63) is 34.9 Å². The molecule has 0 fully saturated rings. The molecule has 0 aromatic heterocycles. The van der Waals surface area contributed by atoms with E-state index in [9.17, 15) is 4.79 Å². The summed E-state index contributed by atoms with van der Waals surface area (Å²) < 4.78 is 0. The van der Waals surface area contributed by atoms with Crippen molar-refractivity contribution >= 4 is 21.8 Å². The standard InChI is InChI=1S/C16H24BrNO/c1-5-16(4,8-9-17)18-15(19)11-14-7-6-12(2)13(3)10-14/h6-7,10H,5,8-9,11H2,1-4H3,(H,18,19). The van der Waals surface area contributed by atoms with Crippen molar-refractivity contribution < 1.29 is 4.79 Å². The molecule has 1 aromatic rings. The van der Waals surface area contributed by atoms with E-state index in [1.165, 1.54) is 11.1 Å². The summed E-state index contributed by atoms with van der Waals surface area (Å²) in [5.74, 6) is 0.105. The molecule has 0 heterocycles. The molecule has 3 heteroatoms. The van der Waals surface area contributed by atoms with Crippen LogP contribution in [0.5, 0.6) is 0 Å². The van der Waals surface area contributed by atoms with Crippen LogP contribution in [0, 0.1) is 13.8 Å². The Morgan fingerprint density at radius 1 is 1.32 bits per heavy atom. The van der Waals surface area contributed by atoms with Crippen molar-refractivity contribution in [3.8, 4) is 0 Å². The maximum atomic E-state index is 12.1. The Hall–Kier alpha value is -0.830. The predicted octanol–water partition coefficient (Wildman–Crippen LogP) is 3.92. The van der Waals surface area contributed by atoms with E-state index in [0.717, 1.165) is 23.7 Å². The molecular formula is C16H24BrNO. The molecule has 1 N–H and O–H groups in total. The summed E-state index contributed by atoms with van der Waals surface area (Å²) in [5.41, 5.74) is 3.48. The predicted molar refractivity (Wildman–Crippen MR) is 84.9 cm³/mol. The fourth-order valence-corrected chi connectivity index (χ4v) is 2.89. The third kappa shape index (κ3) is 4.98. The summed E-state index contributed by atoms with van der Waals surface area (Å²) in [6, 6.07) is 6.22. The number of hydrogen-bond donors (Lipinski definition) is 1. The summed E-state index contributed by atoms with van der Waals surface area (Å²) >= 11 is 3.45.